The predicted molar refractivity (Wildman–Crippen MR) is 84.9 cm³/mol. The lowest BCUT2D eigenvalue weighted by molar-refractivity contribution is -0.117. The van der Waals surface area contributed by atoms with Crippen LogP contribution in [0.3, 0.4) is 0 Å². The van der Waals surface area contributed by atoms with E-state index in [0.29, 0.717) is 5.69 Å². The highest BCUT2D eigenvalue weighted by molar-refractivity contribution is 6.03. The summed E-state index contributed by atoms with van der Waals surface area (Å²) in [5.74, 6) is 0.885. The maximum absolute atomic E-state index is 12.2. The van der Waals surface area contributed by atoms with Crippen molar-refractivity contribution in [1.82, 2.24) is 0 Å². The van der Waals surface area contributed by atoms with Gasteiger partial charge in [-0.05, 0) is 24.5 Å². The van der Waals surface area contributed by atoms with Gasteiger partial charge in [0.05, 0.1) is 11.4 Å². The Morgan fingerprint density at radius 1 is 1.13 bits per heavy atom. The summed E-state index contributed by atoms with van der Waals surface area (Å²) >= 11 is 0. The quantitative estimate of drug-likeness (QED) is 0.698. The number of carbonyl (C=O) groups is 1. The Balaban J connectivity index is 1.49. The van der Waals surface area contributed by atoms with Crippen LogP contribution in [0.1, 0.15) is 44.9 Å². The second-order valence-electron chi connectivity index (χ2n) is 6.35. The molecule has 0 bridgehead atoms. The smallest absolute Gasteiger partial charge is 0.387 e. The van der Waals surface area contributed by atoms with E-state index in [1.165, 1.54) is 37.8 Å². The summed E-state index contributed by atoms with van der Waals surface area (Å²) in [5, 5.41) is 5.95. The lowest BCUT2D eigenvalue weighted by Crippen LogP contribution is -2.38. The molecule has 3 rings (SSSR count). The summed E-state index contributed by atoms with van der Waals surface area (Å²) in [5.41, 5.74) is 1.23. The molecule has 23 heavy (non-hydrogen) atoms. The third kappa shape index (κ3) is 4.56. The molecule has 1 aromatic rings. The number of unbranched alkanes of at least 4 members (excludes halogenated alkanes) is 2. The van der Waals surface area contributed by atoms with Gasteiger partial charge in [0, 0.05) is 6.07 Å². The minimum Gasteiger partial charge on any atom is -0.435 e. The number of amides is 1. The second-order valence-corrected chi connectivity index (χ2v) is 6.35. The van der Waals surface area contributed by atoms with Gasteiger partial charge in [-0.25, -0.2) is 0 Å². The van der Waals surface area contributed by atoms with Crippen LogP contribution in [-0.4, -0.2) is 18.6 Å². The van der Waals surface area contributed by atoms with Crippen molar-refractivity contribution in [2.75, 3.05) is 10.6 Å². The van der Waals surface area contributed by atoms with Gasteiger partial charge in [-0.2, -0.15) is 8.78 Å². The maximum atomic E-state index is 12.2. The normalized spacial score (nSPS) is 20.0. The van der Waals surface area contributed by atoms with Crippen LogP contribution < -0.4 is 15.4 Å². The standard InChI is InChI=1S/C17H22F2N2O2/c18-17(19)23-12-8-9-13-15(10-12)21-16(22)14(20-13)5-3-1-2-4-11-6-7-11/h8-11,14,17,20H,1-7H2,(H,21,22). The molecular formula is C17H22F2N2O2. The molecule has 126 valence electrons. The first-order valence-electron chi connectivity index (χ1n) is 8.28. The van der Waals surface area contributed by atoms with E-state index in [-0.39, 0.29) is 17.7 Å². The van der Waals surface area contributed by atoms with E-state index in [9.17, 15) is 13.6 Å². The number of carbonyl (C=O) groups excluding carboxylic acids is 1. The van der Waals surface area contributed by atoms with Crippen LogP contribution in [0.2, 0.25) is 0 Å². The van der Waals surface area contributed by atoms with Crippen LogP contribution in [0.15, 0.2) is 18.2 Å². The van der Waals surface area contributed by atoms with Crippen LogP contribution in [0.25, 0.3) is 0 Å². The summed E-state index contributed by atoms with van der Waals surface area (Å²) in [6.07, 6.45) is 8.28. The number of anilines is 2. The molecular weight excluding hydrogens is 302 g/mol. The van der Waals surface area contributed by atoms with Gasteiger partial charge in [0.25, 0.3) is 0 Å². The molecule has 0 radical (unpaired) electrons. The monoisotopic (exact) mass is 324 g/mol. The van der Waals surface area contributed by atoms with Gasteiger partial charge in [-0.1, -0.05) is 38.5 Å². The highest BCUT2D eigenvalue weighted by Crippen LogP contribution is 2.35. The van der Waals surface area contributed by atoms with Gasteiger partial charge in [0.1, 0.15) is 11.8 Å². The van der Waals surface area contributed by atoms with E-state index in [0.717, 1.165) is 30.9 Å². The molecule has 2 N–H and O–H groups in total. The van der Waals surface area contributed by atoms with Crippen molar-refractivity contribution < 1.29 is 18.3 Å². The Morgan fingerprint density at radius 3 is 2.65 bits per heavy atom. The van der Waals surface area contributed by atoms with Crippen LogP contribution in [0.5, 0.6) is 5.75 Å². The van der Waals surface area contributed by atoms with Crippen LogP contribution in [0, 0.1) is 5.92 Å². The predicted octanol–water partition coefficient (Wildman–Crippen LogP) is 4.38. The van der Waals surface area contributed by atoms with E-state index in [2.05, 4.69) is 15.4 Å². The number of nitrogens with one attached hydrogen (secondary N) is 2. The molecule has 0 aromatic heterocycles. The number of hydrogen-bond acceptors (Lipinski definition) is 3. The summed E-state index contributed by atoms with van der Waals surface area (Å²) in [7, 11) is 0. The van der Waals surface area contributed by atoms with Crippen molar-refractivity contribution in [2.24, 2.45) is 5.92 Å². The van der Waals surface area contributed by atoms with E-state index < -0.39 is 6.61 Å². The molecule has 6 heteroatoms. The van der Waals surface area contributed by atoms with Gasteiger partial charge in [-0.15, -0.1) is 0 Å². The Hall–Kier alpha value is -1.85. The number of rotatable bonds is 8. The molecule has 1 saturated carbocycles. The first kappa shape index (κ1) is 16.0. The number of hydrogen-bond donors (Lipinski definition) is 2. The molecule has 0 saturated heterocycles. The summed E-state index contributed by atoms with van der Waals surface area (Å²) < 4.78 is 28.8. The first-order chi connectivity index (χ1) is 11.1. The van der Waals surface area contributed by atoms with Gasteiger partial charge < -0.3 is 15.4 Å². The first-order valence-corrected chi connectivity index (χ1v) is 8.28. The summed E-state index contributed by atoms with van der Waals surface area (Å²) in [6.45, 7) is -2.87. The topological polar surface area (TPSA) is 50.4 Å². The number of fused-ring (bicyclic) bond motifs is 1. The summed E-state index contributed by atoms with van der Waals surface area (Å²) in [6, 6.07) is 4.29. The molecule has 4 nitrogen and oxygen atoms in total. The molecule has 1 unspecified atom stereocenters. The fourth-order valence-corrected chi connectivity index (χ4v) is 2.97. The molecule has 1 amide bonds. The average Bonchev–Trinajstić information content (AvgIpc) is 3.31. The Labute approximate surface area is 134 Å². The van der Waals surface area contributed by atoms with Crippen molar-refractivity contribution in [1.29, 1.82) is 0 Å². The zero-order chi connectivity index (χ0) is 16.2. The van der Waals surface area contributed by atoms with Gasteiger partial charge >= 0.3 is 6.61 Å². The number of ether oxygens (including phenoxy) is 1. The molecule has 0 spiro atoms. The van der Waals surface area contributed by atoms with Crippen molar-refractivity contribution in [3.8, 4) is 5.75 Å². The van der Waals surface area contributed by atoms with Crippen LogP contribution in [-0.2, 0) is 4.79 Å². The lowest BCUT2D eigenvalue weighted by Gasteiger charge is -2.27. The van der Waals surface area contributed by atoms with Crippen molar-refractivity contribution in [3.63, 3.8) is 0 Å². The van der Waals surface area contributed by atoms with Crippen molar-refractivity contribution >= 4 is 17.3 Å². The third-order valence-electron chi connectivity index (χ3n) is 4.42. The van der Waals surface area contributed by atoms with Gasteiger partial charge in [-0.3, -0.25) is 4.79 Å². The van der Waals surface area contributed by atoms with E-state index in [1.807, 2.05) is 0 Å². The second kappa shape index (κ2) is 7.15. The molecule has 1 aromatic carbocycles. The minimum atomic E-state index is -2.87. The fourth-order valence-electron chi connectivity index (χ4n) is 2.97. The average molecular weight is 324 g/mol. The molecule has 1 atom stereocenters. The number of alkyl halides is 2. The fraction of sp³-hybridized carbons (Fsp3) is 0.588. The molecule has 1 aliphatic heterocycles. The Bertz CT molecular complexity index is 562. The lowest BCUT2D eigenvalue weighted by atomic mass is 10.0. The summed E-state index contributed by atoms with van der Waals surface area (Å²) in [4.78, 5) is 12.1. The Kier molecular flexibility index (Phi) is 4.98. The number of halogens is 2. The molecule has 1 heterocycles. The van der Waals surface area contributed by atoms with Gasteiger partial charge in [0.15, 0.2) is 0 Å². The highest BCUT2D eigenvalue weighted by Gasteiger charge is 2.25. The molecule has 2 aliphatic rings. The number of benzene rings is 1. The van der Waals surface area contributed by atoms with E-state index >= 15 is 0 Å². The van der Waals surface area contributed by atoms with E-state index in [4.69, 9.17) is 0 Å². The van der Waals surface area contributed by atoms with Crippen molar-refractivity contribution in [3.05, 3.63) is 18.2 Å². The van der Waals surface area contributed by atoms with Crippen molar-refractivity contribution in [2.45, 2.75) is 57.6 Å². The molecule has 1 aliphatic carbocycles. The minimum absolute atomic E-state index is 0.0411. The highest BCUT2D eigenvalue weighted by atomic mass is 19.3. The Morgan fingerprint density at radius 2 is 1.91 bits per heavy atom. The van der Waals surface area contributed by atoms with E-state index in [1.54, 1.807) is 6.07 Å². The third-order valence-corrected chi connectivity index (χ3v) is 4.42. The van der Waals surface area contributed by atoms with Crippen LogP contribution >= 0.6 is 0 Å². The molecule has 1 fully saturated rings. The SMILES string of the molecule is O=C1Nc2cc(OC(F)F)ccc2NC1CCCCCC1CC1. The zero-order valence-corrected chi connectivity index (χ0v) is 13.0. The van der Waals surface area contributed by atoms with Crippen LogP contribution in [0.4, 0.5) is 20.2 Å². The maximum Gasteiger partial charge on any atom is 0.387 e. The van der Waals surface area contributed by atoms with Gasteiger partial charge in [0.2, 0.25) is 5.91 Å². The zero-order valence-electron chi connectivity index (χ0n) is 13.0. The largest absolute Gasteiger partial charge is 0.435 e.